The minimum absolute atomic E-state index is 0.0283. The largest absolute Gasteiger partial charge is 0.479 e. The molecule has 2 amide bonds. The Bertz CT molecular complexity index is 510. The Morgan fingerprint density at radius 1 is 1.45 bits per heavy atom. The van der Waals surface area contributed by atoms with E-state index in [-0.39, 0.29) is 29.6 Å². The first-order valence-corrected chi connectivity index (χ1v) is 6.16. The number of aromatic nitrogens is 2. The molecule has 8 nitrogen and oxygen atoms in total. The summed E-state index contributed by atoms with van der Waals surface area (Å²) in [7, 11) is 2.88. The van der Waals surface area contributed by atoms with E-state index in [1.165, 1.54) is 20.4 Å². The summed E-state index contributed by atoms with van der Waals surface area (Å²) in [6.45, 7) is 0.337. The molecule has 1 fully saturated rings. The SMILES string of the molecule is COc1ncc(NC(=O)C2CCC(=O)NC2)c(OC)n1. The first kappa shape index (κ1) is 14.0. The van der Waals surface area contributed by atoms with Crippen molar-refractivity contribution in [2.75, 3.05) is 26.1 Å². The third kappa shape index (κ3) is 3.14. The summed E-state index contributed by atoms with van der Waals surface area (Å²) in [5.41, 5.74) is 0.371. The van der Waals surface area contributed by atoms with E-state index in [2.05, 4.69) is 20.6 Å². The molecule has 1 atom stereocenters. The van der Waals surface area contributed by atoms with Crippen LogP contribution in [0.3, 0.4) is 0 Å². The number of nitrogens with one attached hydrogen (secondary N) is 2. The van der Waals surface area contributed by atoms with E-state index in [1.807, 2.05) is 0 Å². The monoisotopic (exact) mass is 280 g/mol. The minimum atomic E-state index is -0.264. The second-order valence-electron chi connectivity index (χ2n) is 4.31. The Hall–Kier alpha value is -2.38. The molecule has 0 spiro atoms. The predicted octanol–water partition coefficient (Wildman–Crippen LogP) is -0.0415. The van der Waals surface area contributed by atoms with Crippen LogP contribution < -0.4 is 20.1 Å². The van der Waals surface area contributed by atoms with Crippen LogP contribution in [0.5, 0.6) is 11.9 Å². The van der Waals surface area contributed by atoms with Crippen LogP contribution in [-0.4, -0.2) is 42.5 Å². The Kier molecular flexibility index (Phi) is 4.34. The molecule has 108 valence electrons. The molecule has 8 heteroatoms. The number of nitrogens with zero attached hydrogens (tertiary/aromatic N) is 2. The van der Waals surface area contributed by atoms with Crippen LogP contribution in [0.15, 0.2) is 6.20 Å². The fourth-order valence-corrected chi connectivity index (χ4v) is 1.88. The zero-order chi connectivity index (χ0) is 14.5. The molecular formula is C12H16N4O4. The summed E-state index contributed by atoms with van der Waals surface area (Å²) in [6.07, 6.45) is 2.30. The summed E-state index contributed by atoms with van der Waals surface area (Å²) in [5, 5.41) is 5.36. The summed E-state index contributed by atoms with van der Waals surface area (Å²) >= 11 is 0. The van der Waals surface area contributed by atoms with Gasteiger partial charge in [0.05, 0.1) is 26.3 Å². The third-order valence-electron chi connectivity index (χ3n) is 3.00. The van der Waals surface area contributed by atoms with Crippen molar-refractivity contribution in [1.29, 1.82) is 0 Å². The van der Waals surface area contributed by atoms with Gasteiger partial charge in [-0.15, -0.1) is 0 Å². The second-order valence-corrected chi connectivity index (χ2v) is 4.31. The Morgan fingerprint density at radius 2 is 2.25 bits per heavy atom. The Balaban J connectivity index is 2.05. The number of anilines is 1. The van der Waals surface area contributed by atoms with Crippen LogP contribution in [0.25, 0.3) is 0 Å². The van der Waals surface area contributed by atoms with Gasteiger partial charge in [-0.25, -0.2) is 4.98 Å². The predicted molar refractivity (Wildman–Crippen MR) is 69.5 cm³/mol. The lowest BCUT2D eigenvalue weighted by molar-refractivity contribution is -0.126. The maximum Gasteiger partial charge on any atom is 0.319 e. The molecule has 2 heterocycles. The standard InChI is InChI=1S/C12H16N4O4/c1-19-11-8(6-14-12(16-11)20-2)15-10(18)7-3-4-9(17)13-5-7/h6-7H,3-5H2,1-2H3,(H,13,17)(H,15,18). The van der Waals surface area contributed by atoms with Gasteiger partial charge in [0.15, 0.2) is 0 Å². The van der Waals surface area contributed by atoms with Gasteiger partial charge in [-0.1, -0.05) is 0 Å². The lowest BCUT2D eigenvalue weighted by atomic mass is 9.98. The average molecular weight is 280 g/mol. The quantitative estimate of drug-likeness (QED) is 0.802. The summed E-state index contributed by atoms with van der Waals surface area (Å²) in [6, 6.07) is 0.157. The molecule has 2 N–H and O–H groups in total. The van der Waals surface area contributed by atoms with E-state index in [4.69, 9.17) is 9.47 Å². The van der Waals surface area contributed by atoms with Crippen molar-refractivity contribution in [3.63, 3.8) is 0 Å². The molecule has 2 rings (SSSR count). The first-order valence-electron chi connectivity index (χ1n) is 6.16. The number of amides is 2. The van der Waals surface area contributed by atoms with E-state index >= 15 is 0 Å². The molecule has 0 radical (unpaired) electrons. The van der Waals surface area contributed by atoms with Crippen LogP contribution in [0.4, 0.5) is 5.69 Å². The number of hydrogen-bond donors (Lipinski definition) is 2. The van der Waals surface area contributed by atoms with Crippen LogP contribution in [0.2, 0.25) is 0 Å². The fourth-order valence-electron chi connectivity index (χ4n) is 1.88. The Labute approximate surface area is 115 Å². The van der Waals surface area contributed by atoms with Gasteiger partial charge in [0.25, 0.3) is 0 Å². The number of carbonyl (C=O) groups is 2. The highest BCUT2D eigenvalue weighted by atomic mass is 16.5. The smallest absolute Gasteiger partial charge is 0.319 e. The molecule has 1 aromatic heterocycles. The topological polar surface area (TPSA) is 102 Å². The number of hydrogen-bond acceptors (Lipinski definition) is 6. The van der Waals surface area contributed by atoms with Crippen LogP contribution in [0, 0.1) is 5.92 Å². The molecule has 1 aliphatic rings. The highest BCUT2D eigenvalue weighted by Crippen LogP contribution is 2.23. The second kappa shape index (κ2) is 6.18. The molecular weight excluding hydrogens is 264 g/mol. The van der Waals surface area contributed by atoms with Gasteiger partial charge in [0.1, 0.15) is 5.69 Å². The van der Waals surface area contributed by atoms with E-state index in [9.17, 15) is 9.59 Å². The number of piperidine rings is 1. The molecule has 1 unspecified atom stereocenters. The van der Waals surface area contributed by atoms with E-state index in [1.54, 1.807) is 0 Å². The number of carbonyl (C=O) groups excluding carboxylic acids is 2. The zero-order valence-corrected chi connectivity index (χ0v) is 11.3. The van der Waals surface area contributed by atoms with Gasteiger partial charge in [-0.3, -0.25) is 9.59 Å². The van der Waals surface area contributed by atoms with Crippen molar-refractivity contribution in [3.8, 4) is 11.9 Å². The molecule has 0 aliphatic carbocycles. The highest BCUT2D eigenvalue weighted by molar-refractivity contribution is 5.94. The third-order valence-corrected chi connectivity index (χ3v) is 3.00. The van der Waals surface area contributed by atoms with Gasteiger partial charge < -0.3 is 20.1 Å². The fraction of sp³-hybridized carbons (Fsp3) is 0.500. The Morgan fingerprint density at radius 3 is 2.85 bits per heavy atom. The van der Waals surface area contributed by atoms with Crippen molar-refractivity contribution in [2.24, 2.45) is 5.92 Å². The number of ether oxygens (including phenoxy) is 2. The van der Waals surface area contributed by atoms with Crippen molar-refractivity contribution >= 4 is 17.5 Å². The maximum atomic E-state index is 12.1. The number of rotatable bonds is 4. The zero-order valence-electron chi connectivity index (χ0n) is 11.3. The minimum Gasteiger partial charge on any atom is -0.479 e. The molecule has 0 bridgehead atoms. The first-order chi connectivity index (χ1) is 9.63. The lowest BCUT2D eigenvalue weighted by Gasteiger charge is -2.21. The van der Waals surface area contributed by atoms with E-state index < -0.39 is 0 Å². The van der Waals surface area contributed by atoms with Gasteiger partial charge in [-0.05, 0) is 6.42 Å². The van der Waals surface area contributed by atoms with Crippen molar-refractivity contribution < 1.29 is 19.1 Å². The van der Waals surface area contributed by atoms with Gasteiger partial charge in [-0.2, -0.15) is 4.98 Å². The summed E-state index contributed by atoms with van der Waals surface area (Å²) < 4.78 is 9.96. The molecule has 1 saturated heterocycles. The normalized spacial score (nSPS) is 18.1. The molecule has 1 aliphatic heterocycles. The van der Waals surface area contributed by atoms with Crippen LogP contribution in [0.1, 0.15) is 12.8 Å². The molecule has 1 aromatic rings. The van der Waals surface area contributed by atoms with E-state index in [0.717, 1.165) is 0 Å². The van der Waals surface area contributed by atoms with Crippen LogP contribution >= 0.6 is 0 Å². The summed E-state index contributed by atoms with van der Waals surface area (Å²) in [4.78, 5) is 31.1. The van der Waals surface area contributed by atoms with Crippen molar-refractivity contribution in [3.05, 3.63) is 6.20 Å². The number of methoxy groups -OCH3 is 2. The highest BCUT2D eigenvalue weighted by Gasteiger charge is 2.25. The molecule has 20 heavy (non-hydrogen) atoms. The lowest BCUT2D eigenvalue weighted by Crippen LogP contribution is -2.40. The van der Waals surface area contributed by atoms with Crippen molar-refractivity contribution in [1.82, 2.24) is 15.3 Å². The van der Waals surface area contributed by atoms with Crippen molar-refractivity contribution in [2.45, 2.75) is 12.8 Å². The van der Waals surface area contributed by atoms with Crippen LogP contribution in [-0.2, 0) is 9.59 Å². The summed E-state index contributed by atoms with van der Waals surface area (Å²) in [5.74, 6) is -0.263. The molecule has 0 saturated carbocycles. The van der Waals surface area contributed by atoms with Gasteiger partial charge >= 0.3 is 6.01 Å². The average Bonchev–Trinajstić information content (AvgIpc) is 2.48. The van der Waals surface area contributed by atoms with Gasteiger partial charge in [0, 0.05) is 13.0 Å². The van der Waals surface area contributed by atoms with E-state index in [0.29, 0.717) is 25.1 Å². The molecule has 0 aromatic carbocycles. The maximum absolute atomic E-state index is 12.1. The van der Waals surface area contributed by atoms with Gasteiger partial charge in [0.2, 0.25) is 17.7 Å².